The largest absolute Gasteiger partial charge is 0.497 e. The van der Waals surface area contributed by atoms with E-state index in [4.69, 9.17) is 9.47 Å². The number of pyridine rings is 1. The smallest absolute Gasteiger partial charge is 0.323 e. The third-order valence-electron chi connectivity index (χ3n) is 5.31. The number of ether oxygens (including phenoxy) is 2. The number of aromatic nitrogens is 1. The van der Waals surface area contributed by atoms with Crippen LogP contribution >= 0.6 is 15.9 Å². The van der Waals surface area contributed by atoms with Crippen LogP contribution in [-0.2, 0) is 33.7 Å². The minimum atomic E-state index is -1.71. The molecule has 3 rings (SSSR count). The molecule has 0 saturated heterocycles. The lowest BCUT2D eigenvalue weighted by molar-refractivity contribution is -0.166. The fourth-order valence-corrected chi connectivity index (χ4v) is 4.32. The highest BCUT2D eigenvalue weighted by Crippen LogP contribution is 2.42. The van der Waals surface area contributed by atoms with E-state index in [9.17, 15) is 19.5 Å². The summed E-state index contributed by atoms with van der Waals surface area (Å²) in [4.78, 5) is 37.1. The van der Waals surface area contributed by atoms with Crippen LogP contribution < -0.4 is 10.3 Å². The molecule has 8 heteroatoms. The summed E-state index contributed by atoms with van der Waals surface area (Å²) in [5, 5.41) is 9.73. The number of nitrogens with zero attached hydrogens (tertiary/aromatic N) is 1. The van der Waals surface area contributed by atoms with Gasteiger partial charge in [-0.05, 0) is 51.7 Å². The van der Waals surface area contributed by atoms with Crippen molar-refractivity contribution in [2.75, 3.05) is 14.2 Å². The number of hydrogen-bond acceptors (Lipinski definition) is 5. The Kier molecular flexibility index (Phi) is 5.34. The van der Waals surface area contributed by atoms with Crippen LogP contribution in [0.1, 0.15) is 22.3 Å². The van der Waals surface area contributed by atoms with Gasteiger partial charge in [0, 0.05) is 18.4 Å². The Bertz CT molecular complexity index is 1010. The van der Waals surface area contributed by atoms with Crippen molar-refractivity contribution < 1.29 is 24.2 Å². The van der Waals surface area contributed by atoms with E-state index in [1.165, 1.54) is 7.11 Å². The van der Waals surface area contributed by atoms with Gasteiger partial charge >= 0.3 is 11.9 Å². The second-order valence-electron chi connectivity index (χ2n) is 6.84. The summed E-state index contributed by atoms with van der Waals surface area (Å²) in [6, 6.07) is 7.33. The third-order valence-corrected chi connectivity index (χ3v) is 6.22. The van der Waals surface area contributed by atoms with Crippen molar-refractivity contribution in [3.05, 3.63) is 61.5 Å². The molecule has 1 aliphatic rings. The number of benzene rings is 1. The molecule has 1 aromatic carbocycles. The molecule has 148 valence electrons. The number of methoxy groups -OCH3 is 2. The second kappa shape index (κ2) is 7.43. The number of halogens is 1. The summed E-state index contributed by atoms with van der Waals surface area (Å²) < 4.78 is 11.9. The van der Waals surface area contributed by atoms with Gasteiger partial charge in [0.15, 0.2) is 5.41 Å². The number of carbonyl (C=O) groups excluding carboxylic acids is 1. The Hall–Kier alpha value is -2.61. The lowest BCUT2D eigenvalue weighted by Crippen LogP contribution is -2.41. The number of fused-ring (bicyclic) bond motifs is 1. The maximum atomic E-state index is 12.9. The minimum Gasteiger partial charge on any atom is -0.497 e. The van der Waals surface area contributed by atoms with Crippen molar-refractivity contribution in [1.82, 2.24) is 4.57 Å². The Morgan fingerprint density at radius 2 is 1.79 bits per heavy atom. The molecule has 0 spiro atoms. The topological polar surface area (TPSA) is 94.8 Å². The second-order valence-corrected chi connectivity index (χ2v) is 7.60. The molecule has 0 bridgehead atoms. The molecule has 28 heavy (non-hydrogen) atoms. The molecule has 2 aromatic rings. The Morgan fingerprint density at radius 1 is 1.18 bits per heavy atom. The molecule has 1 aliphatic carbocycles. The van der Waals surface area contributed by atoms with Gasteiger partial charge in [0.25, 0.3) is 5.56 Å². The lowest BCUT2D eigenvalue weighted by Gasteiger charge is -2.20. The van der Waals surface area contributed by atoms with Crippen molar-refractivity contribution in [2.45, 2.75) is 26.3 Å². The number of carboxylic acids is 1. The van der Waals surface area contributed by atoms with Crippen molar-refractivity contribution in [1.29, 1.82) is 0 Å². The summed E-state index contributed by atoms with van der Waals surface area (Å²) in [6.45, 7) is 1.96. The van der Waals surface area contributed by atoms with E-state index >= 15 is 0 Å². The molecule has 0 radical (unpaired) electrons. The lowest BCUT2D eigenvalue weighted by atomic mass is 9.84. The molecule has 1 heterocycles. The molecule has 7 nitrogen and oxygen atoms in total. The van der Waals surface area contributed by atoms with E-state index in [1.807, 2.05) is 12.1 Å². The van der Waals surface area contributed by atoms with Crippen LogP contribution in [0.3, 0.4) is 0 Å². The Morgan fingerprint density at radius 3 is 2.32 bits per heavy atom. The van der Waals surface area contributed by atoms with Gasteiger partial charge in [-0.15, -0.1) is 0 Å². The fraction of sp³-hybridized carbons (Fsp3) is 0.350. The van der Waals surface area contributed by atoms with Crippen LogP contribution in [-0.4, -0.2) is 35.8 Å². The van der Waals surface area contributed by atoms with Crippen molar-refractivity contribution >= 4 is 27.9 Å². The van der Waals surface area contributed by atoms with E-state index < -0.39 is 17.4 Å². The van der Waals surface area contributed by atoms with E-state index in [0.29, 0.717) is 33.6 Å². The fourth-order valence-electron chi connectivity index (χ4n) is 3.65. The van der Waals surface area contributed by atoms with Crippen LogP contribution in [0.25, 0.3) is 0 Å². The van der Waals surface area contributed by atoms with Gasteiger partial charge < -0.3 is 14.6 Å². The summed E-state index contributed by atoms with van der Waals surface area (Å²) in [6.07, 6.45) is -0.0952. The van der Waals surface area contributed by atoms with Gasteiger partial charge in [-0.1, -0.05) is 12.1 Å². The summed E-state index contributed by atoms with van der Waals surface area (Å²) in [5.41, 5.74) is 0.634. The summed E-state index contributed by atoms with van der Waals surface area (Å²) in [5.74, 6) is -1.35. The molecule has 1 unspecified atom stereocenters. The van der Waals surface area contributed by atoms with Gasteiger partial charge in [-0.25, -0.2) is 0 Å². The molecular formula is C20H20BrNO6. The maximum absolute atomic E-state index is 12.9. The number of carbonyl (C=O) groups is 2. The molecular weight excluding hydrogens is 430 g/mol. The van der Waals surface area contributed by atoms with Gasteiger partial charge in [0.05, 0.1) is 25.4 Å². The van der Waals surface area contributed by atoms with Crippen molar-refractivity contribution in [3.8, 4) is 5.75 Å². The van der Waals surface area contributed by atoms with E-state index in [2.05, 4.69) is 15.9 Å². The standard InChI is InChI=1S/C20H20BrNO6/c1-11-14-8-20(18(24)25,19(26)28-3)9-15(14)16(21)22(17(11)23)10-12-4-6-13(27-2)7-5-12/h4-7H,8-10H2,1-3H3,(H,24,25). The number of esters is 1. The van der Waals surface area contributed by atoms with Crippen LogP contribution in [0.5, 0.6) is 5.75 Å². The highest BCUT2D eigenvalue weighted by Gasteiger charge is 2.53. The first-order chi connectivity index (χ1) is 13.2. The molecule has 1 aromatic heterocycles. The van der Waals surface area contributed by atoms with E-state index in [1.54, 1.807) is 30.7 Å². The zero-order valence-electron chi connectivity index (χ0n) is 15.7. The molecule has 0 fully saturated rings. The molecule has 1 atom stereocenters. The van der Waals surface area contributed by atoms with Crippen LogP contribution in [0, 0.1) is 12.3 Å². The van der Waals surface area contributed by atoms with Crippen molar-refractivity contribution in [2.24, 2.45) is 5.41 Å². The number of aliphatic carboxylic acids is 1. The average Bonchev–Trinajstić information content (AvgIpc) is 3.12. The molecule has 0 saturated carbocycles. The third kappa shape index (κ3) is 3.11. The first kappa shape index (κ1) is 20.1. The zero-order chi connectivity index (χ0) is 20.6. The SMILES string of the molecule is COC(=O)C1(C(=O)O)Cc2c(c(Br)n(Cc3ccc(OC)cc3)c(=O)c2C)C1. The first-order valence-corrected chi connectivity index (χ1v) is 9.40. The average molecular weight is 450 g/mol. The first-order valence-electron chi connectivity index (χ1n) is 8.60. The number of hydrogen-bond donors (Lipinski definition) is 1. The zero-order valence-corrected chi connectivity index (χ0v) is 17.3. The van der Waals surface area contributed by atoms with Crippen LogP contribution in [0.4, 0.5) is 0 Å². The monoisotopic (exact) mass is 449 g/mol. The van der Waals surface area contributed by atoms with Gasteiger partial charge in [0.1, 0.15) is 5.75 Å². The van der Waals surface area contributed by atoms with Crippen molar-refractivity contribution in [3.63, 3.8) is 0 Å². The Balaban J connectivity index is 2.08. The van der Waals surface area contributed by atoms with E-state index in [0.717, 1.165) is 5.56 Å². The molecule has 0 amide bonds. The van der Waals surface area contributed by atoms with E-state index in [-0.39, 0.29) is 18.4 Å². The molecule has 1 N–H and O–H groups in total. The van der Waals surface area contributed by atoms with Crippen LogP contribution in [0.15, 0.2) is 33.7 Å². The minimum absolute atomic E-state index is 0.0331. The van der Waals surface area contributed by atoms with Gasteiger partial charge in [0.2, 0.25) is 0 Å². The highest BCUT2D eigenvalue weighted by molar-refractivity contribution is 9.10. The van der Waals surface area contributed by atoms with Crippen LogP contribution in [0.2, 0.25) is 0 Å². The normalized spacial score (nSPS) is 17.9. The number of carboxylic acid groups (broad SMARTS) is 1. The maximum Gasteiger partial charge on any atom is 0.323 e. The summed E-state index contributed by atoms with van der Waals surface area (Å²) in [7, 11) is 2.75. The molecule has 0 aliphatic heterocycles. The predicted molar refractivity (Wildman–Crippen MR) is 105 cm³/mol. The van der Waals surface area contributed by atoms with Gasteiger partial charge in [-0.2, -0.15) is 0 Å². The Labute approximate surface area is 170 Å². The quantitative estimate of drug-likeness (QED) is 0.427. The summed E-state index contributed by atoms with van der Waals surface area (Å²) >= 11 is 3.47. The highest BCUT2D eigenvalue weighted by atomic mass is 79.9. The van der Waals surface area contributed by atoms with Gasteiger partial charge in [-0.3, -0.25) is 19.0 Å². The predicted octanol–water partition coefficient (Wildman–Crippen LogP) is 2.32. The number of rotatable bonds is 5.